The van der Waals surface area contributed by atoms with Crippen molar-refractivity contribution in [2.45, 2.75) is 109 Å². The van der Waals surface area contributed by atoms with Crippen LogP contribution in [0.15, 0.2) is 48.5 Å². The van der Waals surface area contributed by atoms with Crippen molar-refractivity contribution in [3.8, 4) is 22.3 Å². The van der Waals surface area contributed by atoms with E-state index in [0.717, 1.165) is 0 Å². The maximum absolute atomic E-state index is 14.6. The molecule has 2 fully saturated rings. The minimum atomic E-state index is -3.95. The smallest absolute Gasteiger partial charge is 0.408 e. The zero-order valence-electron chi connectivity index (χ0n) is 32.4. The Morgan fingerprint density at radius 3 is 2.31 bits per heavy atom. The summed E-state index contributed by atoms with van der Waals surface area (Å²) >= 11 is 1.37. The van der Waals surface area contributed by atoms with E-state index in [4.69, 9.17) is 19.2 Å². The SMILES string of the molecule is C=CC[C@](C)(NC(=O)[C@H]1C[C@@H](Oc2nc(-c3nccs3)c(OC)c3ccccc23)CN1C(=O)[C@@H](NC(=O)OC(C)(C)C)C(C)(C)C)C(=O)NS(=O)(=O)C1CC1. The Bertz CT molecular complexity index is 2060. The first-order valence-corrected chi connectivity index (χ1v) is 20.4. The number of ether oxygens (including phenoxy) is 3. The number of hydrogen-bond donors (Lipinski definition) is 3. The van der Waals surface area contributed by atoms with Crippen LogP contribution in [0.5, 0.6) is 11.6 Å². The van der Waals surface area contributed by atoms with Crippen LogP contribution >= 0.6 is 11.3 Å². The van der Waals surface area contributed by atoms with Gasteiger partial charge in [-0.25, -0.2) is 23.2 Å². The van der Waals surface area contributed by atoms with Gasteiger partial charge in [-0.2, -0.15) is 0 Å². The highest BCUT2D eigenvalue weighted by Crippen LogP contribution is 2.41. The third kappa shape index (κ3) is 9.55. The molecule has 55 heavy (non-hydrogen) atoms. The number of methoxy groups -OCH3 is 1. The van der Waals surface area contributed by atoms with E-state index in [1.165, 1.54) is 29.2 Å². The molecule has 3 aromatic rings. The van der Waals surface area contributed by atoms with Crippen molar-refractivity contribution < 1.29 is 41.8 Å². The number of carbonyl (C=O) groups is 4. The number of rotatable bonds is 13. The van der Waals surface area contributed by atoms with Crippen molar-refractivity contribution in [1.82, 2.24) is 30.2 Å². The first-order valence-electron chi connectivity index (χ1n) is 18.0. The first kappa shape index (κ1) is 41.4. The summed E-state index contributed by atoms with van der Waals surface area (Å²) in [5.74, 6) is -1.53. The van der Waals surface area contributed by atoms with Crippen LogP contribution in [0.25, 0.3) is 21.5 Å². The molecule has 1 aliphatic carbocycles. The first-order chi connectivity index (χ1) is 25.7. The Balaban J connectivity index is 1.52. The van der Waals surface area contributed by atoms with Gasteiger partial charge in [0, 0.05) is 28.8 Å². The fraction of sp³-hybridized carbons (Fsp3) is 0.526. The second kappa shape index (κ2) is 15.8. The number of amides is 4. The molecule has 1 saturated carbocycles. The highest BCUT2D eigenvalue weighted by molar-refractivity contribution is 7.91. The summed E-state index contributed by atoms with van der Waals surface area (Å²) in [7, 11) is -2.40. The molecule has 0 radical (unpaired) electrons. The Morgan fingerprint density at radius 2 is 1.75 bits per heavy atom. The summed E-state index contributed by atoms with van der Waals surface area (Å²) in [4.78, 5) is 66.1. The lowest BCUT2D eigenvalue weighted by molar-refractivity contribution is -0.143. The summed E-state index contributed by atoms with van der Waals surface area (Å²) in [6.45, 7) is 15.4. The molecular weight excluding hydrogens is 749 g/mol. The quantitative estimate of drug-likeness (QED) is 0.203. The monoisotopic (exact) mass is 798 g/mol. The summed E-state index contributed by atoms with van der Waals surface area (Å²) in [5, 5.41) is 8.49. The van der Waals surface area contributed by atoms with Gasteiger partial charge in [0.1, 0.15) is 40.0 Å². The van der Waals surface area contributed by atoms with Crippen LogP contribution in [0, 0.1) is 5.41 Å². The molecule has 4 amide bonds. The number of carbonyl (C=O) groups excluding carboxylic acids is 4. The molecule has 0 unspecified atom stereocenters. The number of hydrogen-bond acceptors (Lipinski definition) is 12. The van der Waals surface area contributed by atoms with Gasteiger partial charge >= 0.3 is 6.09 Å². The van der Waals surface area contributed by atoms with Crippen LogP contribution in [-0.2, 0) is 29.1 Å². The van der Waals surface area contributed by atoms with Crippen molar-refractivity contribution in [3.63, 3.8) is 0 Å². The molecule has 1 aliphatic heterocycles. The van der Waals surface area contributed by atoms with Crippen LogP contribution in [0.1, 0.15) is 74.1 Å². The maximum atomic E-state index is 14.6. The predicted octanol–water partition coefficient (Wildman–Crippen LogP) is 4.71. The molecule has 1 saturated heterocycles. The lowest BCUT2D eigenvalue weighted by Gasteiger charge is -2.36. The van der Waals surface area contributed by atoms with E-state index in [1.807, 2.05) is 29.6 Å². The standard InChI is InChI=1S/C38H50N6O9S2/c1-10-17-38(8,34(47)43-55(49,50)23-15-16-23)42-30(45)26-20-22(21-44(26)33(46)29(36(2,3)4)41-35(48)53-37(5,6)7)52-31-25-14-12-11-13-24(25)28(51-9)27(40-31)32-39-18-19-54-32/h10-14,18-19,22-23,26,29H,1,15-17,20-21H2,2-9H3,(H,41,48)(H,42,45)(H,43,47)/t22-,26-,29-,38+/m1/s1. The lowest BCUT2D eigenvalue weighted by Crippen LogP contribution is -2.62. The molecule has 2 aromatic heterocycles. The number of pyridine rings is 1. The van der Waals surface area contributed by atoms with Crippen molar-refractivity contribution in [1.29, 1.82) is 0 Å². The van der Waals surface area contributed by atoms with Crippen molar-refractivity contribution >= 4 is 55.9 Å². The number of sulfonamides is 1. The summed E-state index contributed by atoms with van der Waals surface area (Å²) in [6, 6.07) is 5.00. The van der Waals surface area contributed by atoms with Crippen molar-refractivity contribution in [3.05, 3.63) is 48.5 Å². The summed E-state index contributed by atoms with van der Waals surface area (Å²) < 4.78 is 45.4. The zero-order valence-corrected chi connectivity index (χ0v) is 34.1. The molecule has 17 heteroatoms. The van der Waals surface area contributed by atoms with Gasteiger partial charge in [-0.15, -0.1) is 17.9 Å². The van der Waals surface area contributed by atoms with E-state index < -0.39 is 73.8 Å². The molecule has 15 nitrogen and oxygen atoms in total. The number of nitrogens with zero attached hydrogens (tertiary/aromatic N) is 3. The third-order valence-electron chi connectivity index (χ3n) is 9.22. The van der Waals surface area contributed by atoms with E-state index in [1.54, 1.807) is 54.8 Å². The fourth-order valence-corrected chi connectivity index (χ4v) is 8.34. The minimum absolute atomic E-state index is 0.0400. The number of benzene rings is 1. The summed E-state index contributed by atoms with van der Waals surface area (Å²) in [5.41, 5.74) is -2.99. The molecule has 4 atom stereocenters. The predicted molar refractivity (Wildman–Crippen MR) is 208 cm³/mol. The molecule has 0 bridgehead atoms. The summed E-state index contributed by atoms with van der Waals surface area (Å²) in [6.07, 6.45) is 2.15. The highest BCUT2D eigenvalue weighted by atomic mass is 32.2. The molecule has 3 heterocycles. The third-order valence-corrected chi connectivity index (χ3v) is 11.8. The fourth-order valence-electron chi connectivity index (χ4n) is 6.31. The van der Waals surface area contributed by atoms with Gasteiger partial charge in [0.25, 0.3) is 5.91 Å². The van der Waals surface area contributed by atoms with E-state index in [0.29, 0.717) is 40.1 Å². The maximum Gasteiger partial charge on any atom is 0.408 e. The van der Waals surface area contributed by atoms with Crippen LogP contribution in [-0.4, -0.2) is 95.3 Å². The van der Waals surface area contributed by atoms with Gasteiger partial charge in [0.05, 0.1) is 18.9 Å². The lowest BCUT2D eigenvalue weighted by atomic mass is 9.85. The molecule has 0 spiro atoms. The Morgan fingerprint density at radius 1 is 1.07 bits per heavy atom. The van der Waals surface area contributed by atoms with Gasteiger partial charge in [-0.05, 0) is 58.4 Å². The van der Waals surface area contributed by atoms with Gasteiger partial charge in [0.2, 0.25) is 27.7 Å². The Hall–Kier alpha value is -4.77. The number of nitrogens with one attached hydrogen (secondary N) is 3. The topological polar surface area (TPSA) is 195 Å². The molecular formula is C38H50N6O9S2. The van der Waals surface area contributed by atoms with Gasteiger partial charge in [-0.1, -0.05) is 45.0 Å². The molecule has 5 rings (SSSR count). The molecule has 298 valence electrons. The Labute approximate surface area is 325 Å². The van der Waals surface area contributed by atoms with Crippen molar-refractivity contribution in [2.24, 2.45) is 5.41 Å². The van der Waals surface area contributed by atoms with Crippen LogP contribution < -0.4 is 24.8 Å². The average molecular weight is 799 g/mol. The molecule has 1 aromatic carbocycles. The van der Waals surface area contributed by atoms with E-state index in [-0.39, 0.29) is 25.3 Å². The minimum Gasteiger partial charge on any atom is -0.494 e. The number of alkyl carbamates (subject to hydrolysis) is 1. The second-order valence-corrected chi connectivity index (χ2v) is 19.0. The largest absolute Gasteiger partial charge is 0.494 e. The van der Waals surface area contributed by atoms with Gasteiger partial charge in [0.15, 0.2) is 5.75 Å². The molecule has 2 aliphatic rings. The van der Waals surface area contributed by atoms with Crippen LogP contribution in [0.2, 0.25) is 0 Å². The normalized spacial score (nSPS) is 19.2. The van der Waals surface area contributed by atoms with Crippen LogP contribution in [0.3, 0.4) is 0 Å². The Kier molecular flexibility index (Phi) is 11.9. The van der Waals surface area contributed by atoms with Gasteiger partial charge < -0.3 is 29.7 Å². The van der Waals surface area contributed by atoms with E-state index in [2.05, 4.69) is 26.9 Å². The zero-order chi connectivity index (χ0) is 40.5. The van der Waals surface area contributed by atoms with Gasteiger partial charge in [-0.3, -0.25) is 19.1 Å². The number of thiazole rings is 1. The second-order valence-electron chi connectivity index (χ2n) is 16.1. The van der Waals surface area contributed by atoms with E-state index >= 15 is 0 Å². The number of likely N-dealkylation sites (tertiary alicyclic amines) is 1. The molecule has 3 N–H and O–H groups in total. The van der Waals surface area contributed by atoms with Crippen molar-refractivity contribution in [2.75, 3.05) is 13.7 Å². The number of fused-ring (bicyclic) bond motifs is 1. The van der Waals surface area contributed by atoms with Crippen LogP contribution in [0.4, 0.5) is 4.79 Å². The highest BCUT2D eigenvalue weighted by Gasteiger charge is 2.49. The average Bonchev–Trinajstić information content (AvgIpc) is 3.66. The number of aromatic nitrogens is 2. The van der Waals surface area contributed by atoms with E-state index in [9.17, 15) is 27.6 Å².